The van der Waals surface area contributed by atoms with Gasteiger partial charge >= 0.3 is 29.2 Å². The van der Waals surface area contributed by atoms with Gasteiger partial charge in [0.05, 0.1) is 12.7 Å². The molecule has 4 unspecified atom stereocenters. The van der Waals surface area contributed by atoms with E-state index in [0.29, 0.717) is 0 Å². The molecule has 2 rings (SSSR count). The summed E-state index contributed by atoms with van der Waals surface area (Å²) in [6, 6.07) is 1.30. The summed E-state index contributed by atoms with van der Waals surface area (Å²) in [5.74, 6) is 4.83. The second kappa shape index (κ2) is 11.6. The van der Waals surface area contributed by atoms with E-state index in [2.05, 4.69) is 32.2 Å². The zero-order chi connectivity index (χ0) is 24.9. The number of hydrogen-bond donors (Lipinski definition) is 2. The van der Waals surface area contributed by atoms with Gasteiger partial charge in [-0.05, 0) is 0 Å². The number of nitrogens with two attached hydrogens (primary N) is 1. The van der Waals surface area contributed by atoms with Gasteiger partial charge in [-0.1, -0.05) is 0 Å². The number of hydrogen-bond acceptors (Lipinski definition) is 16. The molecule has 0 aliphatic carbocycles. The lowest BCUT2D eigenvalue weighted by Crippen LogP contribution is -2.28. The predicted octanol–water partition coefficient (Wildman–Crippen LogP) is 1.10. The Morgan fingerprint density at radius 1 is 1.09 bits per heavy atom. The van der Waals surface area contributed by atoms with Gasteiger partial charge in [-0.3, -0.25) is 27.2 Å². The van der Waals surface area contributed by atoms with Crippen molar-refractivity contribution in [2.24, 2.45) is 5.90 Å². The zero-order valence-electron chi connectivity index (χ0n) is 17.9. The predicted molar refractivity (Wildman–Crippen MR) is 107 cm³/mol. The summed E-state index contributed by atoms with van der Waals surface area (Å²) >= 11 is 0. The fourth-order valence-electron chi connectivity index (χ4n) is 2.46. The van der Waals surface area contributed by atoms with Gasteiger partial charge in [0.25, 0.3) is 0 Å². The van der Waals surface area contributed by atoms with Gasteiger partial charge in [0.2, 0.25) is 5.88 Å². The van der Waals surface area contributed by atoms with Gasteiger partial charge in [-0.25, -0.2) is 18.5 Å². The number of aromatic nitrogens is 2. The van der Waals surface area contributed by atoms with Crippen molar-refractivity contribution in [1.82, 2.24) is 9.55 Å². The molecule has 0 bridgehead atoms. The van der Waals surface area contributed by atoms with Crippen molar-refractivity contribution < 1.29 is 59.6 Å². The van der Waals surface area contributed by atoms with Crippen LogP contribution in [-0.2, 0) is 49.7 Å². The Balaban J connectivity index is 2.08. The second-order valence-electron chi connectivity index (χ2n) is 6.04. The van der Waals surface area contributed by atoms with Crippen molar-refractivity contribution in [2.75, 3.05) is 35.0 Å². The summed E-state index contributed by atoms with van der Waals surface area (Å²) in [4.78, 5) is 20.0. The van der Waals surface area contributed by atoms with E-state index in [1.807, 2.05) is 0 Å². The first-order valence-corrected chi connectivity index (χ1v) is 13.2. The van der Waals surface area contributed by atoms with Crippen molar-refractivity contribution >= 4 is 23.5 Å². The molecule has 2 heterocycles. The average molecular weight is 539 g/mol. The molecule has 0 saturated carbocycles. The Hall–Kier alpha value is -1.03. The first kappa shape index (κ1) is 28.2. The molecule has 1 aliphatic heterocycles. The minimum Gasteiger partial charge on any atom is -0.391 e. The minimum absolute atomic E-state index is 0.0544. The van der Waals surface area contributed by atoms with E-state index < -0.39 is 54.2 Å². The van der Waals surface area contributed by atoms with Crippen LogP contribution in [0.2, 0.25) is 0 Å². The maximum atomic E-state index is 12.8. The molecule has 190 valence electrons. The standard InChI is InChI=1S/C13H24N3O14P3/c1-22-31(19,23-2)29-33(21,25-4)30-32(20,24-3)26-8-10-9(17)7-12(27-10)16-6-5-11(28-14)15-13(16)18/h5-6,9-10,12,17H,7-8,14H2,1-4H3/t9-,10?,12?,32?,33?/m1/s1. The Kier molecular flexibility index (Phi) is 9.92. The molecular weight excluding hydrogens is 515 g/mol. The highest BCUT2D eigenvalue weighted by Crippen LogP contribution is 2.72. The van der Waals surface area contributed by atoms with Crippen molar-refractivity contribution in [1.29, 1.82) is 0 Å². The number of phosphoric ester groups is 2. The third-order valence-electron chi connectivity index (χ3n) is 4.13. The molecule has 3 N–H and O–H groups in total. The van der Waals surface area contributed by atoms with E-state index in [-0.39, 0.29) is 12.3 Å². The van der Waals surface area contributed by atoms with Gasteiger partial charge in [-0.15, -0.1) is 0 Å². The zero-order valence-corrected chi connectivity index (χ0v) is 20.6. The van der Waals surface area contributed by atoms with Gasteiger partial charge < -0.3 is 14.7 Å². The molecule has 1 aliphatic rings. The van der Waals surface area contributed by atoms with Crippen LogP contribution in [0.1, 0.15) is 12.6 Å². The minimum atomic E-state index is -4.85. The number of aliphatic hydroxyl groups is 1. The fraction of sp³-hybridized carbons (Fsp3) is 0.692. The van der Waals surface area contributed by atoms with Crippen molar-refractivity contribution in [3.63, 3.8) is 0 Å². The third kappa shape index (κ3) is 7.23. The molecular formula is C13H24N3O14P3. The summed E-state index contributed by atoms with van der Waals surface area (Å²) in [5.41, 5.74) is -0.762. The molecule has 33 heavy (non-hydrogen) atoms. The summed E-state index contributed by atoms with van der Waals surface area (Å²) in [7, 11) is -10.3. The fourth-order valence-corrected chi connectivity index (χ4v) is 6.91. The quantitative estimate of drug-likeness (QED) is 0.265. The van der Waals surface area contributed by atoms with Crippen LogP contribution in [0.3, 0.4) is 0 Å². The highest BCUT2D eigenvalue weighted by atomic mass is 31.3. The SMILES string of the molecule is COP(=O)(OC)OP(=O)(OC)OP(=O)(OC)OCC1OC(n2ccc(ON)nc2=O)C[C@H]1O. The van der Waals surface area contributed by atoms with Crippen molar-refractivity contribution in [2.45, 2.75) is 24.9 Å². The number of nitrogens with zero attached hydrogens (tertiary/aromatic N) is 2. The molecule has 0 radical (unpaired) electrons. The molecule has 20 heteroatoms. The van der Waals surface area contributed by atoms with E-state index in [4.69, 9.17) is 19.5 Å². The maximum Gasteiger partial charge on any atom is 0.492 e. The summed E-state index contributed by atoms with van der Waals surface area (Å²) < 4.78 is 76.6. The van der Waals surface area contributed by atoms with E-state index in [1.165, 1.54) is 12.3 Å². The lowest BCUT2D eigenvalue weighted by molar-refractivity contribution is -0.0458. The molecule has 1 aromatic heterocycles. The van der Waals surface area contributed by atoms with Crippen LogP contribution in [0.5, 0.6) is 5.88 Å². The van der Waals surface area contributed by atoms with Crippen LogP contribution in [0.15, 0.2) is 17.1 Å². The number of aliphatic hydroxyl groups excluding tert-OH is 1. The summed E-state index contributed by atoms with van der Waals surface area (Å²) in [5, 5.41) is 10.2. The normalized spacial score (nSPS) is 24.8. The second-order valence-corrected chi connectivity index (χ2v) is 11.7. The molecule has 0 aromatic carbocycles. The first-order chi connectivity index (χ1) is 15.5. The maximum absolute atomic E-state index is 12.8. The largest absolute Gasteiger partial charge is 0.492 e. The number of phosphoric acid groups is 3. The summed E-state index contributed by atoms with van der Waals surface area (Å²) in [6.07, 6.45) is -2.01. The summed E-state index contributed by atoms with van der Waals surface area (Å²) in [6.45, 7) is -0.606. The van der Waals surface area contributed by atoms with Gasteiger partial charge in [0, 0.05) is 47.1 Å². The molecule has 5 atom stereocenters. The molecule has 17 nitrogen and oxygen atoms in total. The number of rotatable bonds is 13. The van der Waals surface area contributed by atoms with Crippen LogP contribution < -0.4 is 16.4 Å². The van der Waals surface area contributed by atoms with Crippen LogP contribution in [-0.4, -0.2) is 61.9 Å². The number of ether oxygens (including phenoxy) is 1. The Morgan fingerprint density at radius 2 is 1.67 bits per heavy atom. The van der Waals surface area contributed by atoms with Crippen LogP contribution in [0, 0.1) is 0 Å². The lowest BCUT2D eigenvalue weighted by Gasteiger charge is -2.24. The lowest BCUT2D eigenvalue weighted by atomic mass is 10.2. The third-order valence-corrected chi connectivity index (χ3v) is 9.59. The van der Waals surface area contributed by atoms with Crippen LogP contribution >= 0.6 is 23.5 Å². The van der Waals surface area contributed by atoms with Gasteiger partial charge in [-0.2, -0.15) is 19.5 Å². The van der Waals surface area contributed by atoms with E-state index in [9.17, 15) is 23.6 Å². The highest BCUT2D eigenvalue weighted by molar-refractivity contribution is 7.67. The van der Waals surface area contributed by atoms with Gasteiger partial charge in [0.15, 0.2) is 0 Å². The Labute approximate surface area is 187 Å². The van der Waals surface area contributed by atoms with Crippen molar-refractivity contribution in [3.05, 3.63) is 22.7 Å². The van der Waals surface area contributed by atoms with Crippen LogP contribution in [0.25, 0.3) is 0 Å². The molecule has 1 fully saturated rings. The van der Waals surface area contributed by atoms with E-state index in [0.717, 1.165) is 33.0 Å². The molecule has 0 spiro atoms. The highest BCUT2D eigenvalue weighted by Gasteiger charge is 2.46. The van der Waals surface area contributed by atoms with E-state index in [1.54, 1.807) is 0 Å². The van der Waals surface area contributed by atoms with E-state index >= 15 is 0 Å². The van der Waals surface area contributed by atoms with Gasteiger partial charge in [0.1, 0.15) is 12.3 Å². The average Bonchev–Trinajstić information content (AvgIpc) is 3.17. The Bertz CT molecular complexity index is 996. The Morgan fingerprint density at radius 3 is 2.18 bits per heavy atom. The van der Waals surface area contributed by atoms with Crippen molar-refractivity contribution in [3.8, 4) is 5.88 Å². The monoisotopic (exact) mass is 539 g/mol. The molecule has 0 amide bonds. The molecule has 1 saturated heterocycles. The van der Waals surface area contributed by atoms with Crippen LogP contribution in [0.4, 0.5) is 0 Å². The first-order valence-electron chi connectivity index (χ1n) is 8.85. The topological polar surface area (TPSA) is 215 Å². The molecule has 1 aromatic rings. The smallest absolute Gasteiger partial charge is 0.391 e.